The molecular weight excluding hydrogens is 190 g/mol. The standard InChI is InChI=1S/C12H17NS/c1-8(2)14-11-7-9-5-3-4-6-10(9)12(11)13/h3-6,8,11-12H,7,13H2,1-2H3. The van der Waals surface area contributed by atoms with Crippen LogP contribution in [0.15, 0.2) is 24.3 Å². The zero-order valence-electron chi connectivity index (χ0n) is 8.73. The lowest BCUT2D eigenvalue weighted by atomic mass is 10.1. The van der Waals surface area contributed by atoms with E-state index in [0.29, 0.717) is 10.5 Å². The first-order chi connectivity index (χ1) is 6.68. The van der Waals surface area contributed by atoms with E-state index in [1.807, 2.05) is 11.8 Å². The highest BCUT2D eigenvalue weighted by Gasteiger charge is 2.29. The molecule has 14 heavy (non-hydrogen) atoms. The van der Waals surface area contributed by atoms with Crippen molar-refractivity contribution in [3.05, 3.63) is 35.4 Å². The lowest BCUT2D eigenvalue weighted by molar-refractivity contribution is 0.728. The van der Waals surface area contributed by atoms with E-state index in [2.05, 4.69) is 38.1 Å². The number of fused-ring (bicyclic) bond motifs is 1. The Bertz CT molecular complexity index is 322. The van der Waals surface area contributed by atoms with Gasteiger partial charge in [-0.3, -0.25) is 0 Å². The van der Waals surface area contributed by atoms with Crippen LogP contribution in [0.25, 0.3) is 0 Å². The fourth-order valence-electron chi connectivity index (χ4n) is 2.07. The molecule has 0 heterocycles. The highest BCUT2D eigenvalue weighted by Crippen LogP contribution is 2.38. The molecule has 1 nitrogen and oxygen atoms in total. The molecule has 0 amide bonds. The quantitative estimate of drug-likeness (QED) is 0.807. The number of hydrogen-bond donors (Lipinski definition) is 1. The molecule has 0 aromatic heterocycles. The number of benzene rings is 1. The van der Waals surface area contributed by atoms with Gasteiger partial charge in [-0.15, -0.1) is 0 Å². The minimum atomic E-state index is 0.235. The van der Waals surface area contributed by atoms with Gasteiger partial charge >= 0.3 is 0 Å². The van der Waals surface area contributed by atoms with E-state index in [4.69, 9.17) is 5.73 Å². The normalized spacial score (nSPS) is 25.4. The molecule has 76 valence electrons. The molecule has 2 N–H and O–H groups in total. The number of rotatable bonds is 2. The highest BCUT2D eigenvalue weighted by molar-refractivity contribution is 8.00. The minimum absolute atomic E-state index is 0.235. The molecule has 1 aliphatic carbocycles. The Kier molecular flexibility index (Phi) is 2.84. The monoisotopic (exact) mass is 207 g/mol. The first-order valence-electron chi connectivity index (χ1n) is 5.17. The van der Waals surface area contributed by atoms with Crippen LogP contribution in [0.2, 0.25) is 0 Å². The van der Waals surface area contributed by atoms with Gasteiger partial charge < -0.3 is 5.73 Å². The van der Waals surface area contributed by atoms with Crippen LogP contribution in [-0.2, 0) is 6.42 Å². The van der Waals surface area contributed by atoms with Crippen LogP contribution in [0.1, 0.15) is 31.0 Å². The summed E-state index contributed by atoms with van der Waals surface area (Å²) in [4.78, 5) is 0. The highest BCUT2D eigenvalue weighted by atomic mass is 32.2. The molecule has 0 aliphatic heterocycles. The Labute approximate surface area is 90.1 Å². The molecule has 2 unspecified atom stereocenters. The smallest absolute Gasteiger partial charge is 0.0421 e. The van der Waals surface area contributed by atoms with Gasteiger partial charge in [-0.05, 0) is 22.8 Å². The van der Waals surface area contributed by atoms with Crippen LogP contribution in [0.5, 0.6) is 0 Å². The van der Waals surface area contributed by atoms with Crippen molar-refractivity contribution in [1.29, 1.82) is 0 Å². The summed E-state index contributed by atoms with van der Waals surface area (Å²) in [5.41, 5.74) is 9.01. The van der Waals surface area contributed by atoms with Gasteiger partial charge in [0.1, 0.15) is 0 Å². The average Bonchev–Trinajstić information content (AvgIpc) is 2.44. The fourth-order valence-corrected chi connectivity index (χ4v) is 3.36. The van der Waals surface area contributed by atoms with Crippen LogP contribution < -0.4 is 5.73 Å². The number of nitrogens with two attached hydrogens (primary N) is 1. The first kappa shape index (κ1) is 10.1. The van der Waals surface area contributed by atoms with Crippen LogP contribution >= 0.6 is 11.8 Å². The van der Waals surface area contributed by atoms with E-state index in [9.17, 15) is 0 Å². The molecule has 2 rings (SSSR count). The van der Waals surface area contributed by atoms with Gasteiger partial charge in [-0.25, -0.2) is 0 Å². The summed E-state index contributed by atoms with van der Waals surface area (Å²) in [7, 11) is 0. The van der Waals surface area contributed by atoms with Gasteiger partial charge in [0.2, 0.25) is 0 Å². The van der Waals surface area contributed by atoms with E-state index in [1.165, 1.54) is 11.1 Å². The molecular formula is C12H17NS. The Hall–Kier alpha value is -0.470. The van der Waals surface area contributed by atoms with Gasteiger partial charge in [0.25, 0.3) is 0 Å². The van der Waals surface area contributed by atoms with Crippen molar-refractivity contribution in [1.82, 2.24) is 0 Å². The Morgan fingerprint density at radius 2 is 2.07 bits per heavy atom. The predicted molar refractivity (Wildman–Crippen MR) is 63.6 cm³/mol. The Balaban J connectivity index is 2.17. The molecule has 0 spiro atoms. The zero-order chi connectivity index (χ0) is 10.1. The lowest BCUT2D eigenvalue weighted by Gasteiger charge is -2.17. The van der Waals surface area contributed by atoms with E-state index in [0.717, 1.165) is 6.42 Å². The largest absolute Gasteiger partial charge is 0.323 e. The van der Waals surface area contributed by atoms with Crippen LogP contribution in [0, 0.1) is 0 Å². The summed E-state index contributed by atoms with van der Waals surface area (Å²) in [5, 5.41) is 1.24. The number of hydrogen-bond acceptors (Lipinski definition) is 2. The second kappa shape index (κ2) is 3.95. The molecule has 0 saturated carbocycles. The maximum atomic E-state index is 6.22. The average molecular weight is 207 g/mol. The third kappa shape index (κ3) is 1.82. The molecule has 0 bridgehead atoms. The van der Waals surface area contributed by atoms with Crippen molar-refractivity contribution in [3.8, 4) is 0 Å². The van der Waals surface area contributed by atoms with Crippen molar-refractivity contribution < 1.29 is 0 Å². The second-order valence-electron chi connectivity index (χ2n) is 4.15. The van der Waals surface area contributed by atoms with Gasteiger partial charge in [-0.2, -0.15) is 11.8 Å². The van der Waals surface area contributed by atoms with Gasteiger partial charge in [-0.1, -0.05) is 38.1 Å². The Morgan fingerprint density at radius 3 is 2.71 bits per heavy atom. The maximum absolute atomic E-state index is 6.22. The van der Waals surface area contributed by atoms with Crippen LogP contribution in [-0.4, -0.2) is 10.5 Å². The molecule has 1 aromatic rings. The van der Waals surface area contributed by atoms with Crippen molar-refractivity contribution in [2.75, 3.05) is 0 Å². The predicted octanol–water partition coefficient (Wildman–Crippen LogP) is 2.75. The third-order valence-electron chi connectivity index (χ3n) is 2.68. The van der Waals surface area contributed by atoms with Crippen molar-refractivity contribution in [2.24, 2.45) is 5.73 Å². The third-order valence-corrected chi connectivity index (χ3v) is 4.04. The van der Waals surface area contributed by atoms with Crippen LogP contribution in [0.4, 0.5) is 0 Å². The first-order valence-corrected chi connectivity index (χ1v) is 6.11. The van der Waals surface area contributed by atoms with Crippen molar-refractivity contribution >= 4 is 11.8 Å². The summed E-state index contributed by atoms with van der Waals surface area (Å²) < 4.78 is 0. The van der Waals surface area contributed by atoms with Gasteiger partial charge in [0.05, 0.1) is 0 Å². The lowest BCUT2D eigenvalue weighted by Crippen LogP contribution is -2.20. The fraction of sp³-hybridized carbons (Fsp3) is 0.500. The van der Waals surface area contributed by atoms with E-state index in [1.54, 1.807) is 0 Å². The van der Waals surface area contributed by atoms with Crippen molar-refractivity contribution in [2.45, 2.75) is 36.8 Å². The van der Waals surface area contributed by atoms with E-state index in [-0.39, 0.29) is 6.04 Å². The summed E-state index contributed by atoms with van der Waals surface area (Å²) in [6, 6.07) is 8.80. The van der Waals surface area contributed by atoms with Crippen LogP contribution in [0.3, 0.4) is 0 Å². The minimum Gasteiger partial charge on any atom is -0.323 e. The number of thioether (sulfide) groups is 1. The topological polar surface area (TPSA) is 26.0 Å². The molecule has 0 radical (unpaired) electrons. The SMILES string of the molecule is CC(C)SC1Cc2ccccc2C1N. The summed E-state index contributed by atoms with van der Waals surface area (Å²) >= 11 is 2.00. The van der Waals surface area contributed by atoms with Gasteiger partial charge in [0.15, 0.2) is 0 Å². The molecule has 2 atom stereocenters. The zero-order valence-corrected chi connectivity index (χ0v) is 9.55. The maximum Gasteiger partial charge on any atom is 0.0421 e. The Morgan fingerprint density at radius 1 is 1.36 bits per heavy atom. The summed E-state index contributed by atoms with van der Waals surface area (Å²) in [5.74, 6) is 0. The second-order valence-corrected chi connectivity index (χ2v) is 5.97. The summed E-state index contributed by atoms with van der Waals surface area (Å²) in [6.45, 7) is 4.47. The molecule has 1 aliphatic rings. The molecule has 1 aromatic carbocycles. The molecule has 2 heteroatoms. The summed E-state index contributed by atoms with van der Waals surface area (Å²) in [6.07, 6.45) is 1.14. The van der Waals surface area contributed by atoms with Gasteiger partial charge in [0, 0.05) is 11.3 Å². The molecule has 0 saturated heterocycles. The molecule has 0 fully saturated rings. The van der Waals surface area contributed by atoms with Crippen molar-refractivity contribution in [3.63, 3.8) is 0 Å². The van der Waals surface area contributed by atoms with E-state index < -0.39 is 0 Å². The van der Waals surface area contributed by atoms with E-state index >= 15 is 0 Å².